The quantitative estimate of drug-likeness (QED) is 0.262. The second-order valence-electron chi connectivity index (χ2n) is 10.2. The first kappa shape index (κ1) is 24.9. The fraction of sp³-hybridized carbons (Fsp3) is 0.355. The molecule has 0 saturated heterocycles. The number of carbonyl (C=O) groups is 2. The molecule has 2 aromatic heterocycles. The monoisotopic (exact) mass is 494 g/mol. The van der Waals surface area contributed by atoms with Gasteiger partial charge in [-0.25, -0.2) is 4.98 Å². The lowest BCUT2D eigenvalue weighted by Crippen LogP contribution is -2.23. The van der Waals surface area contributed by atoms with E-state index in [0.717, 1.165) is 46.4 Å². The lowest BCUT2D eigenvalue weighted by Gasteiger charge is -2.23. The summed E-state index contributed by atoms with van der Waals surface area (Å²) < 4.78 is 0. The topological polar surface area (TPSA) is 87.7 Å². The van der Waals surface area contributed by atoms with Gasteiger partial charge in [0.15, 0.2) is 5.78 Å². The highest BCUT2D eigenvalue weighted by atomic mass is 16.1. The van der Waals surface area contributed by atoms with E-state index in [2.05, 4.69) is 20.5 Å². The zero-order chi connectivity index (χ0) is 25.6. The minimum atomic E-state index is 0.0793. The molecule has 0 radical (unpaired) electrons. The molecule has 0 aliphatic heterocycles. The number of hydrogen-bond acceptors (Lipinski definition) is 5. The van der Waals surface area contributed by atoms with Crippen LogP contribution in [0.25, 0.3) is 10.9 Å². The number of Topliss-reactive ketones (excluding diaryl/α,β-unsaturated/α-hetero) is 2. The molecule has 1 fully saturated rings. The molecular weight excluding hydrogens is 460 g/mol. The van der Waals surface area contributed by atoms with Gasteiger partial charge in [0.05, 0.1) is 10.9 Å². The number of carbonyl (C=O) groups excluding carboxylic acids is 2. The average molecular weight is 495 g/mol. The maximum absolute atomic E-state index is 12.9. The number of hydrogen-bond donors (Lipinski definition) is 2. The van der Waals surface area contributed by atoms with E-state index < -0.39 is 0 Å². The molecule has 1 aliphatic rings. The molecule has 0 unspecified atom stereocenters. The molecule has 0 atom stereocenters. The summed E-state index contributed by atoms with van der Waals surface area (Å²) in [6.07, 6.45) is 10.5. The van der Waals surface area contributed by atoms with Crippen molar-refractivity contribution >= 4 is 28.3 Å². The minimum Gasteiger partial charge on any atom is -0.367 e. The lowest BCUT2D eigenvalue weighted by molar-refractivity contribution is -0.116. The molecule has 2 aromatic carbocycles. The van der Waals surface area contributed by atoms with Crippen molar-refractivity contribution in [1.29, 1.82) is 0 Å². The molecule has 1 aliphatic carbocycles. The summed E-state index contributed by atoms with van der Waals surface area (Å²) >= 11 is 0. The SMILES string of the molecule is CC(=O)Cc1cccc(CC(=O)c2ccc(CCc3[nH]nc4ccnc(NC5CCCCC5)c34)cc2)c1. The molecule has 4 aromatic rings. The number of H-pyrrole nitrogens is 1. The van der Waals surface area contributed by atoms with Crippen LogP contribution in [0, 0.1) is 0 Å². The highest BCUT2D eigenvalue weighted by Crippen LogP contribution is 2.28. The highest BCUT2D eigenvalue weighted by molar-refractivity contribution is 5.97. The van der Waals surface area contributed by atoms with Crippen molar-refractivity contribution in [2.24, 2.45) is 0 Å². The molecule has 0 spiro atoms. The van der Waals surface area contributed by atoms with Gasteiger partial charge in [-0.2, -0.15) is 5.10 Å². The second kappa shape index (κ2) is 11.5. The van der Waals surface area contributed by atoms with E-state index in [9.17, 15) is 9.59 Å². The number of fused-ring (bicyclic) bond motifs is 1. The fourth-order valence-electron chi connectivity index (χ4n) is 5.31. The van der Waals surface area contributed by atoms with Crippen LogP contribution in [0.2, 0.25) is 0 Å². The number of anilines is 1. The fourth-order valence-corrected chi connectivity index (χ4v) is 5.31. The molecule has 2 heterocycles. The van der Waals surface area contributed by atoms with Crippen LogP contribution in [-0.2, 0) is 30.5 Å². The molecule has 37 heavy (non-hydrogen) atoms. The Hall–Kier alpha value is -3.80. The summed E-state index contributed by atoms with van der Waals surface area (Å²) in [6.45, 7) is 1.58. The Kier molecular flexibility index (Phi) is 7.73. The Balaban J connectivity index is 1.22. The van der Waals surface area contributed by atoms with Gasteiger partial charge in [-0.1, -0.05) is 67.8 Å². The number of nitrogens with zero attached hydrogens (tertiary/aromatic N) is 2. The van der Waals surface area contributed by atoms with Gasteiger partial charge in [0.25, 0.3) is 0 Å². The summed E-state index contributed by atoms with van der Waals surface area (Å²) in [4.78, 5) is 28.9. The Bertz CT molecular complexity index is 1380. The van der Waals surface area contributed by atoms with Crippen molar-refractivity contribution in [1.82, 2.24) is 15.2 Å². The van der Waals surface area contributed by atoms with Gasteiger partial charge < -0.3 is 5.32 Å². The van der Waals surface area contributed by atoms with Gasteiger partial charge in [-0.3, -0.25) is 14.7 Å². The Morgan fingerprint density at radius 3 is 2.43 bits per heavy atom. The van der Waals surface area contributed by atoms with Gasteiger partial charge in [0.2, 0.25) is 0 Å². The zero-order valence-electron chi connectivity index (χ0n) is 21.4. The van der Waals surface area contributed by atoms with Crippen LogP contribution in [0.15, 0.2) is 60.8 Å². The van der Waals surface area contributed by atoms with E-state index in [1.54, 1.807) is 6.92 Å². The summed E-state index contributed by atoms with van der Waals surface area (Å²) in [6, 6.07) is 18.1. The maximum Gasteiger partial charge on any atom is 0.167 e. The molecule has 1 saturated carbocycles. The molecule has 2 N–H and O–H groups in total. The first-order valence-electron chi connectivity index (χ1n) is 13.3. The van der Waals surface area contributed by atoms with Gasteiger partial charge >= 0.3 is 0 Å². The van der Waals surface area contributed by atoms with E-state index in [-0.39, 0.29) is 11.6 Å². The van der Waals surface area contributed by atoms with Crippen molar-refractivity contribution < 1.29 is 9.59 Å². The Labute approximate surface area is 217 Å². The van der Waals surface area contributed by atoms with E-state index in [0.29, 0.717) is 24.4 Å². The van der Waals surface area contributed by atoms with E-state index in [4.69, 9.17) is 0 Å². The molecule has 6 nitrogen and oxygen atoms in total. The van der Waals surface area contributed by atoms with Crippen LogP contribution >= 0.6 is 0 Å². The van der Waals surface area contributed by atoms with E-state index >= 15 is 0 Å². The van der Waals surface area contributed by atoms with Gasteiger partial charge in [-0.05, 0) is 55.4 Å². The van der Waals surface area contributed by atoms with Gasteiger partial charge in [0, 0.05) is 36.3 Å². The van der Waals surface area contributed by atoms with Gasteiger partial charge in [0.1, 0.15) is 11.6 Å². The molecule has 0 amide bonds. The second-order valence-corrected chi connectivity index (χ2v) is 10.2. The summed E-state index contributed by atoms with van der Waals surface area (Å²) in [7, 11) is 0. The van der Waals surface area contributed by atoms with Crippen molar-refractivity contribution in [2.75, 3.05) is 5.32 Å². The number of aryl methyl sites for hydroxylation is 2. The third-order valence-electron chi connectivity index (χ3n) is 7.24. The largest absolute Gasteiger partial charge is 0.367 e. The number of aromatic amines is 1. The van der Waals surface area contributed by atoms with Crippen LogP contribution in [0.4, 0.5) is 5.82 Å². The van der Waals surface area contributed by atoms with Crippen molar-refractivity contribution in [2.45, 2.75) is 70.8 Å². The van der Waals surface area contributed by atoms with Gasteiger partial charge in [-0.15, -0.1) is 0 Å². The third-order valence-corrected chi connectivity index (χ3v) is 7.24. The standard InChI is InChI=1S/C31H34N4O2/c1-21(36)18-23-6-5-7-24(19-23)20-29(37)25-13-10-22(11-14-25)12-15-27-30-28(35-34-27)16-17-32-31(30)33-26-8-3-2-4-9-26/h5-7,10-11,13-14,16-17,19,26H,2-4,8-9,12,15,18,20H2,1H3,(H,32,33)(H,34,35). The van der Waals surface area contributed by atoms with Crippen LogP contribution in [0.1, 0.15) is 71.8 Å². The maximum atomic E-state index is 12.9. The summed E-state index contributed by atoms with van der Waals surface area (Å²) in [5.74, 6) is 1.13. The first-order chi connectivity index (χ1) is 18.0. The molecule has 0 bridgehead atoms. The van der Waals surface area contributed by atoms with Crippen LogP contribution in [0.3, 0.4) is 0 Å². The molecule has 5 rings (SSSR count). The normalized spacial score (nSPS) is 14.1. The predicted molar refractivity (Wildman–Crippen MR) is 147 cm³/mol. The molecule has 6 heteroatoms. The Morgan fingerprint density at radius 2 is 1.68 bits per heavy atom. The Morgan fingerprint density at radius 1 is 0.919 bits per heavy atom. The number of benzene rings is 2. The van der Waals surface area contributed by atoms with Crippen LogP contribution in [-0.4, -0.2) is 32.8 Å². The average Bonchev–Trinajstić information content (AvgIpc) is 3.32. The van der Waals surface area contributed by atoms with Crippen LogP contribution < -0.4 is 5.32 Å². The molecular formula is C31H34N4O2. The zero-order valence-corrected chi connectivity index (χ0v) is 21.4. The first-order valence-corrected chi connectivity index (χ1v) is 13.3. The van der Waals surface area contributed by atoms with E-state index in [1.165, 1.54) is 37.7 Å². The lowest BCUT2D eigenvalue weighted by atomic mass is 9.95. The van der Waals surface area contributed by atoms with Crippen molar-refractivity contribution in [3.8, 4) is 0 Å². The minimum absolute atomic E-state index is 0.0793. The van der Waals surface area contributed by atoms with Crippen molar-refractivity contribution in [3.05, 3.63) is 88.7 Å². The smallest absolute Gasteiger partial charge is 0.167 e. The number of aromatic nitrogens is 3. The number of pyridine rings is 1. The number of nitrogens with one attached hydrogen (secondary N) is 2. The summed E-state index contributed by atoms with van der Waals surface area (Å²) in [5.41, 5.74) is 5.80. The summed E-state index contributed by atoms with van der Waals surface area (Å²) in [5, 5.41) is 12.5. The molecule has 190 valence electrons. The predicted octanol–water partition coefficient (Wildman–Crippen LogP) is 6.04. The van der Waals surface area contributed by atoms with Crippen LogP contribution in [0.5, 0.6) is 0 Å². The highest BCUT2D eigenvalue weighted by Gasteiger charge is 2.17. The van der Waals surface area contributed by atoms with Crippen molar-refractivity contribution in [3.63, 3.8) is 0 Å². The number of ketones is 2. The number of rotatable bonds is 10. The third kappa shape index (κ3) is 6.31. The van der Waals surface area contributed by atoms with E-state index in [1.807, 2.05) is 60.8 Å².